The molecule has 0 atom stereocenters. The zero-order valence-corrected chi connectivity index (χ0v) is 9.66. The molecule has 5 nitrogen and oxygen atoms in total. The second-order valence-corrected chi connectivity index (χ2v) is 6.47. The van der Waals surface area contributed by atoms with Crippen LogP contribution >= 0.6 is 0 Å². The van der Waals surface area contributed by atoms with Crippen molar-refractivity contribution in [2.75, 3.05) is 31.6 Å². The van der Waals surface area contributed by atoms with E-state index in [-0.39, 0.29) is 18.1 Å². The molecule has 6 heteroatoms. The second kappa shape index (κ2) is 4.94. The maximum Gasteiger partial charge on any atom is 0.303 e. The Balaban J connectivity index is 2.06. The van der Waals surface area contributed by atoms with Gasteiger partial charge in [-0.05, 0) is 18.9 Å². The van der Waals surface area contributed by atoms with E-state index in [2.05, 4.69) is 4.90 Å². The van der Waals surface area contributed by atoms with Gasteiger partial charge in [0, 0.05) is 19.3 Å². The van der Waals surface area contributed by atoms with E-state index in [4.69, 9.17) is 5.11 Å². The van der Waals surface area contributed by atoms with Gasteiger partial charge < -0.3 is 10.0 Å². The fourth-order valence-corrected chi connectivity index (χ4v) is 2.44. The Kier molecular flexibility index (Phi) is 4.10. The van der Waals surface area contributed by atoms with E-state index in [9.17, 15) is 13.2 Å². The fourth-order valence-electron chi connectivity index (χ4n) is 1.79. The van der Waals surface area contributed by atoms with Crippen LogP contribution in [0.15, 0.2) is 0 Å². The highest BCUT2D eigenvalue weighted by Crippen LogP contribution is 2.18. The summed E-state index contributed by atoms with van der Waals surface area (Å²) in [5, 5.41) is 8.52. The lowest BCUT2D eigenvalue weighted by atomic mass is 9.96. The zero-order valence-electron chi connectivity index (χ0n) is 8.85. The highest BCUT2D eigenvalue weighted by Gasteiger charge is 2.27. The zero-order chi connectivity index (χ0) is 11.5. The van der Waals surface area contributed by atoms with Crippen LogP contribution in [0.1, 0.15) is 12.8 Å². The maximum atomic E-state index is 10.8. The van der Waals surface area contributed by atoms with Gasteiger partial charge in [0.1, 0.15) is 9.84 Å². The molecule has 0 unspecified atom stereocenters. The molecule has 1 saturated heterocycles. The summed E-state index contributed by atoms with van der Waals surface area (Å²) in [6.07, 6.45) is 2.09. The van der Waals surface area contributed by atoms with Crippen LogP contribution < -0.4 is 0 Å². The molecule has 1 aliphatic rings. The molecule has 0 saturated carbocycles. The molecule has 0 aromatic rings. The first-order valence-electron chi connectivity index (χ1n) is 4.98. The molecule has 15 heavy (non-hydrogen) atoms. The fraction of sp³-hybridized carbons (Fsp3) is 0.889. The molecule has 0 bridgehead atoms. The van der Waals surface area contributed by atoms with Crippen LogP contribution in [0, 0.1) is 5.92 Å². The molecule has 1 rings (SSSR count). The number of carboxylic acid groups (broad SMARTS) is 1. The van der Waals surface area contributed by atoms with Crippen LogP contribution in [0.4, 0.5) is 0 Å². The largest absolute Gasteiger partial charge is 0.481 e. The van der Waals surface area contributed by atoms with Gasteiger partial charge >= 0.3 is 5.97 Å². The first-order chi connectivity index (χ1) is 6.87. The third-order valence-electron chi connectivity index (χ3n) is 2.49. The van der Waals surface area contributed by atoms with Crippen LogP contribution in [0.2, 0.25) is 0 Å². The molecule has 88 valence electrons. The first-order valence-corrected chi connectivity index (χ1v) is 7.05. The van der Waals surface area contributed by atoms with E-state index < -0.39 is 15.8 Å². The lowest BCUT2D eigenvalue weighted by molar-refractivity contribution is -0.139. The van der Waals surface area contributed by atoms with E-state index in [0.717, 1.165) is 19.6 Å². The Bertz CT molecular complexity index is 319. The summed E-state index contributed by atoms with van der Waals surface area (Å²) in [7, 11) is -2.86. The number of hydrogen-bond acceptors (Lipinski definition) is 4. The van der Waals surface area contributed by atoms with Crippen molar-refractivity contribution in [2.24, 2.45) is 5.92 Å². The van der Waals surface area contributed by atoms with Crippen molar-refractivity contribution >= 4 is 15.8 Å². The van der Waals surface area contributed by atoms with Gasteiger partial charge in [0.15, 0.2) is 0 Å². The third kappa shape index (κ3) is 5.13. The molecule has 1 heterocycles. The van der Waals surface area contributed by atoms with Crippen LogP contribution in [-0.4, -0.2) is 56.0 Å². The number of aliphatic carboxylic acids is 1. The minimum atomic E-state index is -2.86. The number of sulfone groups is 1. The number of hydrogen-bond donors (Lipinski definition) is 1. The average molecular weight is 235 g/mol. The summed E-state index contributed by atoms with van der Waals surface area (Å²) in [6.45, 7) is 2.33. The predicted octanol–water partition coefficient (Wildman–Crippen LogP) is -0.172. The van der Waals surface area contributed by atoms with Crippen molar-refractivity contribution < 1.29 is 18.3 Å². The number of likely N-dealkylation sites (tertiary alicyclic amines) is 1. The molecule has 0 aromatic heterocycles. The quantitative estimate of drug-likeness (QED) is 0.691. The van der Waals surface area contributed by atoms with E-state index in [1.807, 2.05) is 0 Å². The van der Waals surface area contributed by atoms with Crippen LogP contribution in [0.5, 0.6) is 0 Å². The first kappa shape index (κ1) is 12.4. The Hall–Kier alpha value is -0.620. The molecular formula is C9H17NO4S. The van der Waals surface area contributed by atoms with Gasteiger partial charge in [-0.25, -0.2) is 8.42 Å². The Morgan fingerprint density at radius 1 is 1.47 bits per heavy atom. The number of nitrogens with zero attached hydrogens (tertiary/aromatic N) is 1. The van der Waals surface area contributed by atoms with Gasteiger partial charge in [0.25, 0.3) is 0 Å². The van der Waals surface area contributed by atoms with E-state index >= 15 is 0 Å². The van der Waals surface area contributed by atoms with Crippen molar-refractivity contribution in [1.82, 2.24) is 4.90 Å². The van der Waals surface area contributed by atoms with Crippen molar-refractivity contribution in [3.05, 3.63) is 0 Å². The van der Waals surface area contributed by atoms with E-state index in [1.54, 1.807) is 0 Å². The van der Waals surface area contributed by atoms with Gasteiger partial charge in [0.2, 0.25) is 0 Å². The monoisotopic (exact) mass is 235 g/mol. The lowest BCUT2D eigenvalue weighted by Gasteiger charge is -2.38. The van der Waals surface area contributed by atoms with Crippen molar-refractivity contribution in [3.63, 3.8) is 0 Å². The molecule has 0 amide bonds. The van der Waals surface area contributed by atoms with Crippen LogP contribution in [0.25, 0.3) is 0 Å². The van der Waals surface area contributed by atoms with Crippen LogP contribution in [0.3, 0.4) is 0 Å². The Morgan fingerprint density at radius 2 is 2.07 bits per heavy atom. The molecular weight excluding hydrogens is 218 g/mol. The number of carboxylic acids is 1. The summed E-state index contributed by atoms with van der Waals surface area (Å²) in [4.78, 5) is 12.5. The van der Waals surface area contributed by atoms with Crippen molar-refractivity contribution in [3.8, 4) is 0 Å². The normalized spacial score (nSPS) is 18.7. The van der Waals surface area contributed by atoms with Gasteiger partial charge in [-0.15, -0.1) is 0 Å². The smallest absolute Gasteiger partial charge is 0.303 e. The lowest BCUT2D eigenvalue weighted by Crippen LogP contribution is -2.47. The van der Waals surface area contributed by atoms with E-state index in [0.29, 0.717) is 6.42 Å². The molecule has 0 aliphatic carbocycles. The highest BCUT2D eigenvalue weighted by atomic mass is 32.2. The van der Waals surface area contributed by atoms with Crippen molar-refractivity contribution in [1.29, 1.82) is 0 Å². The van der Waals surface area contributed by atoms with Gasteiger partial charge in [-0.3, -0.25) is 4.79 Å². The van der Waals surface area contributed by atoms with Gasteiger partial charge in [0.05, 0.1) is 12.2 Å². The predicted molar refractivity (Wildman–Crippen MR) is 56.5 cm³/mol. The minimum absolute atomic E-state index is 0.215. The topological polar surface area (TPSA) is 74.7 Å². The SMILES string of the molecule is CS(=O)(=O)CCCN1CC(CC(=O)O)C1. The summed E-state index contributed by atoms with van der Waals surface area (Å²) in [5.41, 5.74) is 0. The van der Waals surface area contributed by atoms with Crippen LogP contribution in [-0.2, 0) is 14.6 Å². The summed E-state index contributed by atoms with van der Waals surface area (Å²) in [6, 6.07) is 0. The molecule has 0 aromatic carbocycles. The number of rotatable bonds is 6. The summed E-state index contributed by atoms with van der Waals surface area (Å²) in [5.74, 6) is -0.288. The van der Waals surface area contributed by atoms with Gasteiger partial charge in [-0.1, -0.05) is 0 Å². The maximum absolute atomic E-state index is 10.8. The summed E-state index contributed by atoms with van der Waals surface area (Å²) >= 11 is 0. The molecule has 1 aliphatic heterocycles. The van der Waals surface area contributed by atoms with Gasteiger partial charge in [-0.2, -0.15) is 0 Å². The standard InChI is InChI=1S/C9H17NO4S/c1-15(13,14)4-2-3-10-6-8(7-10)5-9(11)12/h8H,2-7H2,1H3,(H,11,12). The Morgan fingerprint density at radius 3 is 2.53 bits per heavy atom. The molecule has 1 N–H and O–H groups in total. The third-order valence-corrected chi connectivity index (χ3v) is 3.52. The van der Waals surface area contributed by atoms with Crippen molar-refractivity contribution in [2.45, 2.75) is 12.8 Å². The number of carbonyl (C=O) groups is 1. The van der Waals surface area contributed by atoms with E-state index in [1.165, 1.54) is 6.26 Å². The molecule has 0 radical (unpaired) electrons. The molecule has 1 fully saturated rings. The average Bonchev–Trinajstić information content (AvgIpc) is 1.96. The Labute approximate surface area is 90.0 Å². The highest BCUT2D eigenvalue weighted by molar-refractivity contribution is 7.90. The molecule has 0 spiro atoms. The minimum Gasteiger partial charge on any atom is -0.481 e. The summed E-state index contributed by atoms with van der Waals surface area (Å²) < 4.78 is 21.7. The second-order valence-electron chi connectivity index (χ2n) is 4.21.